The molecule has 2 aromatic rings. The highest BCUT2D eigenvalue weighted by atomic mass is 79.9. The molecule has 0 bridgehead atoms. The lowest BCUT2D eigenvalue weighted by molar-refractivity contribution is 0.0544. The van der Waals surface area contributed by atoms with Gasteiger partial charge in [0.15, 0.2) is 0 Å². The monoisotopic (exact) mass is 313 g/mol. The van der Waals surface area contributed by atoms with Crippen LogP contribution in [-0.4, -0.2) is 16.3 Å². The van der Waals surface area contributed by atoms with Crippen molar-refractivity contribution in [2.45, 2.75) is 26.4 Å². The second-order valence-corrected chi connectivity index (χ2v) is 5.85. The number of hydrogen-bond acceptors (Lipinski definition) is 2. The smallest absolute Gasteiger partial charge is 0.418 e. The number of aromatic nitrogens is 1. The summed E-state index contributed by atoms with van der Waals surface area (Å²) in [5.41, 5.74) is -0.0911. The summed E-state index contributed by atoms with van der Waals surface area (Å²) in [5, 5.41) is 0.772. The zero-order valence-electron chi connectivity index (χ0n) is 10.3. The van der Waals surface area contributed by atoms with Crippen LogP contribution in [0.1, 0.15) is 20.8 Å². The molecule has 0 atom stereocenters. The molecular formula is C13H13BrFNO2. The number of hydrogen-bond donors (Lipinski definition) is 0. The van der Waals surface area contributed by atoms with Gasteiger partial charge >= 0.3 is 6.09 Å². The fourth-order valence-corrected chi connectivity index (χ4v) is 1.96. The van der Waals surface area contributed by atoms with Crippen LogP contribution in [0, 0.1) is 5.82 Å². The van der Waals surface area contributed by atoms with Crippen LogP contribution < -0.4 is 0 Å². The van der Waals surface area contributed by atoms with Crippen molar-refractivity contribution in [3.63, 3.8) is 0 Å². The van der Waals surface area contributed by atoms with Crippen LogP contribution in [-0.2, 0) is 4.74 Å². The molecule has 0 aliphatic carbocycles. The van der Waals surface area contributed by atoms with Gasteiger partial charge in [0.05, 0.1) is 9.99 Å². The first-order valence-electron chi connectivity index (χ1n) is 5.47. The topological polar surface area (TPSA) is 31.2 Å². The van der Waals surface area contributed by atoms with Crippen molar-refractivity contribution in [3.05, 3.63) is 34.7 Å². The number of nitrogens with zero attached hydrogens (tertiary/aromatic N) is 1. The van der Waals surface area contributed by atoms with E-state index in [0.717, 1.165) is 5.39 Å². The SMILES string of the molecule is CC(C)(C)OC(=O)n1ccc2cc(Br)c(F)cc21. The fourth-order valence-electron chi connectivity index (χ4n) is 1.60. The van der Waals surface area contributed by atoms with Gasteiger partial charge in [-0.2, -0.15) is 0 Å². The molecule has 2 rings (SSSR count). The Hall–Kier alpha value is -1.36. The van der Waals surface area contributed by atoms with Gasteiger partial charge < -0.3 is 4.74 Å². The molecule has 0 fully saturated rings. The van der Waals surface area contributed by atoms with Crippen LogP contribution in [0.15, 0.2) is 28.9 Å². The predicted octanol–water partition coefficient (Wildman–Crippen LogP) is 4.33. The van der Waals surface area contributed by atoms with Crippen LogP contribution in [0.2, 0.25) is 0 Å². The van der Waals surface area contributed by atoms with E-state index in [1.807, 2.05) is 0 Å². The normalized spacial score (nSPS) is 11.8. The van der Waals surface area contributed by atoms with Crippen molar-refractivity contribution in [2.24, 2.45) is 0 Å². The van der Waals surface area contributed by atoms with Crippen molar-refractivity contribution >= 4 is 32.9 Å². The number of fused-ring (bicyclic) bond motifs is 1. The number of carbonyl (C=O) groups is 1. The van der Waals surface area contributed by atoms with Crippen molar-refractivity contribution in [2.75, 3.05) is 0 Å². The lowest BCUT2D eigenvalue weighted by Gasteiger charge is -2.19. The standard InChI is InChI=1S/C13H13BrFNO2/c1-13(2,3)18-12(17)16-5-4-8-6-9(14)10(15)7-11(8)16/h4-7H,1-3H3. The van der Waals surface area contributed by atoms with Crippen LogP contribution in [0.25, 0.3) is 10.9 Å². The third-order valence-corrected chi connectivity index (χ3v) is 2.93. The highest BCUT2D eigenvalue weighted by Crippen LogP contribution is 2.25. The summed E-state index contributed by atoms with van der Waals surface area (Å²) in [6.07, 6.45) is 1.06. The average molecular weight is 314 g/mol. The molecule has 1 heterocycles. The molecule has 0 amide bonds. The van der Waals surface area contributed by atoms with Gasteiger partial charge in [-0.25, -0.2) is 9.18 Å². The van der Waals surface area contributed by atoms with Crippen molar-refractivity contribution in [1.82, 2.24) is 4.57 Å². The molecule has 0 unspecified atom stereocenters. The van der Waals surface area contributed by atoms with Crippen LogP contribution in [0.5, 0.6) is 0 Å². The minimum absolute atomic E-state index is 0.372. The Labute approximate surface area is 113 Å². The summed E-state index contributed by atoms with van der Waals surface area (Å²) < 4.78 is 20.4. The summed E-state index contributed by atoms with van der Waals surface area (Å²) in [5.74, 6) is -0.411. The van der Waals surface area contributed by atoms with Gasteiger partial charge in [-0.1, -0.05) is 0 Å². The van der Waals surface area contributed by atoms with E-state index in [-0.39, 0.29) is 0 Å². The van der Waals surface area contributed by atoms with Gasteiger partial charge in [-0.3, -0.25) is 4.57 Å². The van der Waals surface area contributed by atoms with Crippen molar-refractivity contribution in [3.8, 4) is 0 Å². The Balaban J connectivity index is 2.46. The highest BCUT2D eigenvalue weighted by Gasteiger charge is 2.19. The maximum atomic E-state index is 13.5. The van der Waals surface area contributed by atoms with Crippen LogP contribution in [0.3, 0.4) is 0 Å². The van der Waals surface area contributed by atoms with Gasteiger partial charge in [-0.05, 0) is 54.9 Å². The molecule has 5 heteroatoms. The highest BCUT2D eigenvalue weighted by molar-refractivity contribution is 9.10. The Morgan fingerprint density at radius 1 is 1.39 bits per heavy atom. The molecule has 0 N–H and O–H groups in total. The number of benzene rings is 1. The zero-order valence-corrected chi connectivity index (χ0v) is 11.9. The van der Waals surface area contributed by atoms with Crippen LogP contribution >= 0.6 is 15.9 Å². The summed E-state index contributed by atoms with van der Waals surface area (Å²) in [4.78, 5) is 11.9. The maximum absolute atomic E-state index is 13.5. The average Bonchev–Trinajstić information content (AvgIpc) is 2.59. The lowest BCUT2D eigenvalue weighted by atomic mass is 10.2. The molecule has 0 saturated carbocycles. The summed E-state index contributed by atoms with van der Waals surface area (Å²) in [7, 11) is 0. The van der Waals surface area contributed by atoms with E-state index < -0.39 is 17.5 Å². The number of halogens is 2. The summed E-state index contributed by atoms with van der Waals surface area (Å²) >= 11 is 3.11. The first-order valence-corrected chi connectivity index (χ1v) is 6.27. The molecule has 96 valence electrons. The predicted molar refractivity (Wildman–Crippen MR) is 71.2 cm³/mol. The lowest BCUT2D eigenvalue weighted by Crippen LogP contribution is -2.26. The maximum Gasteiger partial charge on any atom is 0.418 e. The van der Waals surface area contributed by atoms with E-state index in [0.29, 0.717) is 9.99 Å². The van der Waals surface area contributed by atoms with E-state index in [1.54, 1.807) is 39.1 Å². The van der Waals surface area contributed by atoms with E-state index in [4.69, 9.17) is 4.74 Å². The second kappa shape index (κ2) is 4.39. The van der Waals surface area contributed by atoms with E-state index in [2.05, 4.69) is 15.9 Å². The summed E-state index contributed by atoms with van der Waals surface area (Å²) in [6.45, 7) is 5.36. The molecule has 1 aromatic heterocycles. The van der Waals surface area contributed by atoms with Gasteiger partial charge in [-0.15, -0.1) is 0 Å². The molecule has 0 spiro atoms. The molecule has 3 nitrogen and oxygen atoms in total. The zero-order chi connectivity index (χ0) is 13.5. The van der Waals surface area contributed by atoms with E-state index in [1.165, 1.54) is 10.6 Å². The van der Waals surface area contributed by atoms with Gasteiger partial charge in [0, 0.05) is 11.6 Å². The first-order chi connectivity index (χ1) is 8.28. The van der Waals surface area contributed by atoms with Crippen molar-refractivity contribution < 1.29 is 13.9 Å². The number of rotatable bonds is 0. The number of ether oxygens (including phenoxy) is 1. The van der Waals surface area contributed by atoms with Crippen LogP contribution in [0.4, 0.5) is 9.18 Å². The second-order valence-electron chi connectivity index (χ2n) is 4.99. The quantitative estimate of drug-likeness (QED) is 0.725. The fraction of sp³-hybridized carbons (Fsp3) is 0.308. The Morgan fingerprint density at radius 2 is 2.06 bits per heavy atom. The van der Waals surface area contributed by atoms with Gasteiger partial charge in [0.25, 0.3) is 0 Å². The Morgan fingerprint density at radius 3 is 2.67 bits per heavy atom. The molecular weight excluding hydrogens is 301 g/mol. The van der Waals surface area contributed by atoms with E-state index in [9.17, 15) is 9.18 Å². The minimum atomic E-state index is -0.582. The molecule has 1 aromatic carbocycles. The van der Waals surface area contributed by atoms with Gasteiger partial charge in [0.2, 0.25) is 0 Å². The number of carbonyl (C=O) groups excluding carboxylic acids is 1. The molecule has 0 aliphatic heterocycles. The molecule has 18 heavy (non-hydrogen) atoms. The summed E-state index contributed by atoms with van der Waals surface area (Å²) in [6, 6.07) is 4.68. The van der Waals surface area contributed by atoms with Crippen molar-refractivity contribution in [1.29, 1.82) is 0 Å². The molecule has 0 radical (unpaired) electrons. The third kappa shape index (κ3) is 2.56. The van der Waals surface area contributed by atoms with Gasteiger partial charge in [0.1, 0.15) is 11.4 Å². The molecule has 0 saturated heterocycles. The minimum Gasteiger partial charge on any atom is -0.443 e. The molecule has 0 aliphatic rings. The third-order valence-electron chi connectivity index (χ3n) is 2.32. The largest absolute Gasteiger partial charge is 0.443 e. The first kappa shape index (κ1) is 13.1. The Bertz CT molecular complexity index is 613. The van der Waals surface area contributed by atoms with E-state index >= 15 is 0 Å². The Kier molecular flexibility index (Phi) is 3.19.